The number of benzene rings is 1. The molecule has 2 aromatic rings. The van der Waals surface area contributed by atoms with E-state index >= 15 is 0 Å². The largest absolute Gasteiger partial charge is 0.368 e. The highest BCUT2D eigenvalue weighted by Crippen LogP contribution is 2.34. The van der Waals surface area contributed by atoms with E-state index in [4.69, 9.17) is 5.73 Å². The normalized spacial score (nSPS) is 22.0. The molecule has 21 heavy (non-hydrogen) atoms. The van der Waals surface area contributed by atoms with E-state index < -0.39 is 23.9 Å². The number of anilines is 1. The number of aromatic nitrogens is 1. The van der Waals surface area contributed by atoms with Crippen LogP contribution in [0.25, 0.3) is 10.9 Å². The van der Waals surface area contributed by atoms with E-state index in [1.165, 1.54) is 6.07 Å². The molecule has 1 fully saturated rings. The second kappa shape index (κ2) is 4.95. The Morgan fingerprint density at radius 3 is 2.95 bits per heavy atom. The third-order valence-electron chi connectivity index (χ3n) is 3.78. The molecule has 2 N–H and O–H groups in total. The molecule has 0 spiro atoms. The van der Waals surface area contributed by atoms with Crippen molar-refractivity contribution in [2.75, 3.05) is 11.4 Å². The summed E-state index contributed by atoms with van der Waals surface area (Å²) >= 11 is 0. The van der Waals surface area contributed by atoms with Crippen LogP contribution in [0.15, 0.2) is 24.3 Å². The zero-order chi connectivity index (χ0) is 15.1. The minimum Gasteiger partial charge on any atom is -0.368 e. The Kier molecular flexibility index (Phi) is 3.23. The number of nitrogens with zero attached hydrogens (tertiary/aromatic N) is 2. The lowest BCUT2D eigenvalue weighted by Gasteiger charge is -2.25. The highest BCUT2D eigenvalue weighted by molar-refractivity contribution is 5.95. The smallest absolute Gasteiger partial charge is 0.240 e. The molecule has 1 saturated heterocycles. The van der Waals surface area contributed by atoms with E-state index in [0.717, 1.165) is 0 Å². The quantitative estimate of drug-likeness (QED) is 0.921. The minimum absolute atomic E-state index is 0.0630. The van der Waals surface area contributed by atoms with Crippen molar-refractivity contribution in [3.63, 3.8) is 0 Å². The van der Waals surface area contributed by atoms with Crippen molar-refractivity contribution in [3.8, 4) is 0 Å². The number of rotatable bonds is 2. The highest BCUT2D eigenvalue weighted by Gasteiger charge is 2.36. The summed E-state index contributed by atoms with van der Waals surface area (Å²) in [4.78, 5) is 17.3. The van der Waals surface area contributed by atoms with E-state index in [9.17, 15) is 13.6 Å². The molecule has 3 rings (SSSR count). The molecule has 2 heterocycles. The van der Waals surface area contributed by atoms with Crippen molar-refractivity contribution < 1.29 is 13.6 Å². The molecule has 4 nitrogen and oxygen atoms in total. The molecule has 1 aliphatic heterocycles. The van der Waals surface area contributed by atoms with E-state index in [1.54, 1.807) is 30.0 Å². The van der Waals surface area contributed by atoms with E-state index in [2.05, 4.69) is 4.98 Å². The molecular formula is C15H15F2N3O. The van der Waals surface area contributed by atoms with Gasteiger partial charge in [-0.2, -0.15) is 0 Å². The molecule has 0 bridgehead atoms. The van der Waals surface area contributed by atoms with Gasteiger partial charge in [-0.25, -0.2) is 13.8 Å². The standard InChI is InChI=1S/C15H15F2N3O/c1-8-5-12(10-3-2-4-11(17)14(10)19-8)20-7-9(16)6-13(20)15(18)21/h2-5,9,13H,6-7H2,1H3,(H2,18,21)/t9-,13+/m1/s1. The molecule has 0 unspecified atom stereocenters. The molecule has 1 aliphatic rings. The van der Waals surface area contributed by atoms with Gasteiger partial charge >= 0.3 is 0 Å². The lowest BCUT2D eigenvalue weighted by Crippen LogP contribution is -2.40. The Labute approximate surface area is 120 Å². The van der Waals surface area contributed by atoms with Crippen molar-refractivity contribution in [1.82, 2.24) is 4.98 Å². The topological polar surface area (TPSA) is 59.2 Å². The number of alkyl halides is 1. The second-order valence-electron chi connectivity index (χ2n) is 5.32. The van der Waals surface area contributed by atoms with Gasteiger partial charge in [-0.05, 0) is 19.1 Å². The molecule has 1 amide bonds. The summed E-state index contributed by atoms with van der Waals surface area (Å²) in [5.74, 6) is -1.02. The first-order valence-corrected chi connectivity index (χ1v) is 6.73. The fourth-order valence-electron chi connectivity index (χ4n) is 2.88. The molecule has 0 aliphatic carbocycles. The van der Waals surface area contributed by atoms with Gasteiger partial charge in [0.2, 0.25) is 5.91 Å². The number of primary amides is 1. The number of fused-ring (bicyclic) bond motifs is 1. The number of hydrogen-bond acceptors (Lipinski definition) is 3. The fourth-order valence-corrected chi connectivity index (χ4v) is 2.88. The van der Waals surface area contributed by atoms with Gasteiger partial charge < -0.3 is 10.6 Å². The van der Waals surface area contributed by atoms with Gasteiger partial charge in [0.25, 0.3) is 0 Å². The van der Waals surface area contributed by atoms with Gasteiger partial charge in [-0.1, -0.05) is 12.1 Å². The fraction of sp³-hybridized carbons (Fsp3) is 0.333. The number of para-hydroxylation sites is 1. The number of carbonyl (C=O) groups is 1. The third-order valence-corrected chi connectivity index (χ3v) is 3.78. The predicted octanol–water partition coefficient (Wildman–Crippen LogP) is 2.08. The maximum atomic E-state index is 13.9. The van der Waals surface area contributed by atoms with E-state index in [0.29, 0.717) is 16.8 Å². The van der Waals surface area contributed by atoms with Crippen molar-refractivity contribution >= 4 is 22.5 Å². The number of aryl methyl sites for hydroxylation is 1. The maximum absolute atomic E-state index is 13.9. The van der Waals surface area contributed by atoms with Crippen LogP contribution in [-0.4, -0.2) is 29.6 Å². The minimum atomic E-state index is -1.13. The zero-order valence-corrected chi connectivity index (χ0v) is 11.5. The molecule has 0 saturated carbocycles. The number of carbonyl (C=O) groups excluding carboxylic acids is 1. The first-order valence-electron chi connectivity index (χ1n) is 6.73. The lowest BCUT2D eigenvalue weighted by atomic mass is 10.1. The van der Waals surface area contributed by atoms with Gasteiger partial charge in [0.05, 0.1) is 6.54 Å². The summed E-state index contributed by atoms with van der Waals surface area (Å²) in [6.07, 6.45) is -1.06. The van der Waals surface area contributed by atoms with Crippen LogP contribution >= 0.6 is 0 Å². The number of nitrogens with two attached hydrogens (primary N) is 1. The van der Waals surface area contributed by atoms with Gasteiger partial charge in [-0.3, -0.25) is 4.79 Å². The first kappa shape index (κ1) is 13.7. The summed E-state index contributed by atoms with van der Waals surface area (Å²) < 4.78 is 27.6. The Hall–Kier alpha value is -2.24. The lowest BCUT2D eigenvalue weighted by molar-refractivity contribution is -0.119. The maximum Gasteiger partial charge on any atom is 0.240 e. The molecule has 110 valence electrons. The molecule has 6 heteroatoms. The summed E-state index contributed by atoms with van der Waals surface area (Å²) in [6, 6.07) is 5.62. The van der Waals surface area contributed by atoms with Crippen molar-refractivity contribution in [2.45, 2.75) is 25.6 Å². The second-order valence-corrected chi connectivity index (χ2v) is 5.32. The zero-order valence-electron chi connectivity index (χ0n) is 11.5. The van der Waals surface area contributed by atoms with Crippen LogP contribution in [0.5, 0.6) is 0 Å². The Bertz CT molecular complexity index is 719. The average molecular weight is 291 g/mol. The summed E-state index contributed by atoms with van der Waals surface area (Å²) in [5, 5.41) is 0.556. The molecular weight excluding hydrogens is 276 g/mol. The number of pyridine rings is 1. The number of amides is 1. The summed E-state index contributed by atoms with van der Waals surface area (Å²) in [5.41, 5.74) is 6.79. The van der Waals surface area contributed by atoms with Crippen LogP contribution in [0.2, 0.25) is 0 Å². The average Bonchev–Trinajstić information content (AvgIpc) is 2.81. The van der Waals surface area contributed by atoms with Gasteiger partial charge in [0.1, 0.15) is 23.5 Å². The number of hydrogen-bond donors (Lipinski definition) is 1. The SMILES string of the molecule is Cc1cc(N2C[C@H](F)C[C@H]2C(N)=O)c2cccc(F)c2n1. The first-order chi connectivity index (χ1) is 9.97. The van der Waals surface area contributed by atoms with Crippen LogP contribution < -0.4 is 10.6 Å². The van der Waals surface area contributed by atoms with Crippen LogP contribution in [-0.2, 0) is 4.79 Å². The molecule has 2 atom stereocenters. The van der Waals surface area contributed by atoms with Crippen molar-refractivity contribution in [1.29, 1.82) is 0 Å². The molecule has 1 aromatic heterocycles. The summed E-state index contributed by atoms with van der Waals surface area (Å²) in [6.45, 7) is 1.81. The third kappa shape index (κ3) is 2.30. The Morgan fingerprint density at radius 2 is 2.24 bits per heavy atom. The van der Waals surface area contributed by atoms with Gasteiger partial charge in [0.15, 0.2) is 0 Å². The highest BCUT2D eigenvalue weighted by atomic mass is 19.1. The molecule has 0 radical (unpaired) electrons. The number of halogens is 2. The van der Waals surface area contributed by atoms with Crippen LogP contribution in [0.4, 0.5) is 14.5 Å². The van der Waals surface area contributed by atoms with E-state index in [1.807, 2.05) is 0 Å². The van der Waals surface area contributed by atoms with E-state index in [-0.39, 0.29) is 18.5 Å². The van der Waals surface area contributed by atoms with Crippen LogP contribution in [0.1, 0.15) is 12.1 Å². The van der Waals surface area contributed by atoms with Gasteiger partial charge in [0, 0.05) is 23.2 Å². The van der Waals surface area contributed by atoms with Gasteiger partial charge in [-0.15, -0.1) is 0 Å². The Balaban J connectivity index is 2.20. The van der Waals surface area contributed by atoms with Crippen LogP contribution in [0.3, 0.4) is 0 Å². The molecule has 1 aromatic carbocycles. The van der Waals surface area contributed by atoms with Crippen molar-refractivity contribution in [2.24, 2.45) is 5.73 Å². The van der Waals surface area contributed by atoms with Crippen molar-refractivity contribution in [3.05, 3.63) is 35.8 Å². The van der Waals surface area contributed by atoms with Crippen LogP contribution in [0, 0.1) is 12.7 Å². The summed E-state index contributed by atoms with van der Waals surface area (Å²) in [7, 11) is 0. The Morgan fingerprint density at radius 1 is 1.48 bits per heavy atom. The monoisotopic (exact) mass is 291 g/mol. The predicted molar refractivity (Wildman–Crippen MR) is 76.3 cm³/mol.